The molecule has 2 heterocycles. The summed E-state index contributed by atoms with van der Waals surface area (Å²) in [4.78, 5) is 23.9. The maximum Gasteiger partial charge on any atom is 0.278 e. The second kappa shape index (κ2) is 10.8. The third-order valence-corrected chi connectivity index (χ3v) is 5.65. The van der Waals surface area contributed by atoms with Gasteiger partial charge in [-0.15, -0.1) is 0 Å². The summed E-state index contributed by atoms with van der Waals surface area (Å²) in [5, 5.41) is 6.35. The molecule has 3 aromatic rings. The Hall–Kier alpha value is -3.29. The Morgan fingerprint density at radius 3 is 2.66 bits per heavy atom. The van der Waals surface area contributed by atoms with Crippen molar-refractivity contribution in [1.29, 1.82) is 0 Å². The van der Waals surface area contributed by atoms with Crippen molar-refractivity contribution in [1.82, 2.24) is 20.2 Å². The molecule has 0 radical (unpaired) electrons. The molecule has 7 heteroatoms. The second-order valence-corrected chi connectivity index (χ2v) is 8.09. The van der Waals surface area contributed by atoms with Crippen LogP contribution in [0.4, 0.5) is 11.5 Å². The number of carbonyl (C=O) groups excluding carboxylic acids is 1. The van der Waals surface area contributed by atoms with Gasteiger partial charge < -0.3 is 21.3 Å². The number of para-hydroxylation sites is 1. The minimum atomic E-state index is -0.376. The highest BCUT2D eigenvalue weighted by Crippen LogP contribution is 2.20. The van der Waals surface area contributed by atoms with E-state index in [1.165, 1.54) is 32.4 Å². The van der Waals surface area contributed by atoms with Crippen molar-refractivity contribution < 1.29 is 4.79 Å². The van der Waals surface area contributed by atoms with E-state index in [-0.39, 0.29) is 17.4 Å². The summed E-state index contributed by atoms with van der Waals surface area (Å²) in [5.41, 5.74) is 9.43. The summed E-state index contributed by atoms with van der Waals surface area (Å²) in [6, 6.07) is 17.4. The molecule has 1 aromatic heterocycles. The van der Waals surface area contributed by atoms with E-state index in [0.29, 0.717) is 11.4 Å². The molecule has 1 fully saturated rings. The SMILES string of the molecule is Nc1ncc(-c2cccc(CNCCN3CCCCC3)c2)nc1C(=O)Nc1ccccc1. The van der Waals surface area contributed by atoms with Crippen molar-refractivity contribution in [2.24, 2.45) is 0 Å². The molecule has 1 amide bonds. The van der Waals surface area contributed by atoms with Gasteiger partial charge in [-0.25, -0.2) is 9.97 Å². The average molecular weight is 431 g/mol. The number of aromatic nitrogens is 2. The van der Waals surface area contributed by atoms with E-state index in [0.717, 1.165) is 30.8 Å². The van der Waals surface area contributed by atoms with Gasteiger partial charge in [0.1, 0.15) is 0 Å². The van der Waals surface area contributed by atoms with Crippen molar-refractivity contribution >= 4 is 17.4 Å². The molecule has 0 aliphatic carbocycles. The molecule has 0 spiro atoms. The number of carbonyl (C=O) groups is 1. The largest absolute Gasteiger partial charge is 0.382 e. The van der Waals surface area contributed by atoms with Gasteiger partial charge in [0.15, 0.2) is 11.5 Å². The van der Waals surface area contributed by atoms with Crippen LogP contribution in [0.1, 0.15) is 35.3 Å². The topological polar surface area (TPSA) is 96.2 Å². The van der Waals surface area contributed by atoms with Crippen LogP contribution in [-0.2, 0) is 6.54 Å². The smallest absolute Gasteiger partial charge is 0.278 e. The second-order valence-electron chi connectivity index (χ2n) is 8.09. The molecule has 1 aliphatic heterocycles. The number of hydrogen-bond donors (Lipinski definition) is 3. The third kappa shape index (κ3) is 5.90. The lowest BCUT2D eigenvalue weighted by molar-refractivity contribution is 0.102. The van der Waals surface area contributed by atoms with Crippen molar-refractivity contribution in [2.45, 2.75) is 25.8 Å². The van der Waals surface area contributed by atoms with E-state index >= 15 is 0 Å². The maximum atomic E-state index is 12.7. The molecule has 7 nitrogen and oxygen atoms in total. The number of anilines is 2. The molecular weight excluding hydrogens is 400 g/mol. The number of nitrogens with zero attached hydrogens (tertiary/aromatic N) is 3. The monoisotopic (exact) mass is 430 g/mol. The number of piperidine rings is 1. The van der Waals surface area contributed by atoms with E-state index in [1.807, 2.05) is 42.5 Å². The Labute approximate surface area is 189 Å². The van der Waals surface area contributed by atoms with E-state index < -0.39 is 0 Å². The zero-order valence-corrected chi connectivity index (χ0v) is 18.3. The van der Waals surface area contributed by atoms with Crippen molar-refractivity contribution in [3.63, 3.8) is 0 Å². The lowest BCUT2D eigenvalue weighted by Gasteiger charge is -2.26. The predicted molar refractivity (Wildman–Crippen MR) is 128 cm³/mol. The van der Waals surface area contributed by atoms with Gasteiger partial charge in [0.2, 0.25) is 0 Å². The summed E-state index contributed by atoms with van der Waals surface area (Å²) in [6.45, 7) is 5.27. The average Bonchev–Trinajstić information content (AvgIpc) is 2.83. The highest BCUT2D eigenvalue weighted by molar-refractivity contribution is 6.05. The first-order valence-corrected chi connectivity index (χ1v) is 11.2. The minimum absolute atomic E-state index is 0.109. The van der Waals surface area contributed by atoms with E-state index in [2.05, 4.69) is 37.6 Å². The fourth-order valence-electron chi connectivity index (χ4n) is 3.91. The summed E-state index contributed by atoms with van der Waals surface area (Å²) < 4.78 is 0. The lowest BCUT2D eigenvalue weighted by Crippen LogP contribution is -2.35. The normalized spacial score (nSPS) is 14.2. The molecule has 166 valence electrons. The molecule has 0 unspecified atom stereocenters. The number of amides is 1. The highest BCUT2D eigenvalue weighted by atomic mass is 16.1. The van der Waals surface area contributed by atoms with Gasteiger partial charge in [0, 0.05) is 30.9 Å². The first kappa shape index (κ1) is 21.9. The fraction of sp³-hybridized carbons (Fsp3) is 0.320. The standard InChI is InChI=1S/C25H30N6O/c26-24-23(25(32)29-21-10-3-1-4-11-21)30-22(18-28-24)20-9-7-8-19(16-20)17-27-12-15-31-13-5-2-6-14-31/h1,3-4,7-11,16,18,27H,2,5-6,12-15,17H2,(H2,26,28)(H,29,32). The van der Waals surface area contributed by atoms with Gasteiger partial charge in [-0.1, -0.05) is 42.8 Å². The number of likely N-dealkylation sites (tertiary alicyclic amines) is 1. The number of nitrogens with two attached hydrogens (primary N) is 1. The number of benzene rings is 2. The summed E-state index contributed by atoms with van der Waals surface area (Å²) in [6.07, 6.45) is 5.60. The maximum absolute atomic E-state index is 12.7. The molecule has 4 rings (SSSR count). The predicted octanol–water partition coefficient (Wildman–Crippen LogP) is 3.55. The van der Waals surface area contributed by atoms with Crippen LogP contribution in [0.5, 0.6) is 0 Å². The molecule has 0 atom stereocenters. The van der Waals surface area contributed by atoms with Crippen LogP contribution in [-0.4, -0.2) is 47.0 Å². The first-order chi connectivity index (χ1) is 15.7. The third-order valence-electron chi connectivity index (χ3n) is 5.65. The van der Waals surface area contributed by atoms with Crippen LogP contribution in [0.2, 0.25) is 0 Å². The molecule has 4 N–H and O–H groups in total. The van der Waals surface area contributed by atoms with Crippen molar-refractivity contribution in [3.8, 4) is 11.3 Å². The minimum Gasteiger partial charge on any atom is -0.382 e. The summed E-state index contributed by atoms with van der Waals surface area (Å²) in [7, 11) is 0. The number of nitrogen functional groups attached to an aromatic ring is 1. The number of rotatable bonds is 8. The summed E-state index contributed by atoms with van der Waals surface area (Å²) >= 11 is 0. The molecular formula is C25H30N6O. The molecule has 1 saturated heterocycles. The Balaban J connectivity index is 1.39. The first-order valence-electron chi connectivity index (χ1n) is 11.2. The van der Waals surface area contributed by atoms with E-state index in [4.69, 9.17) is 5.73 Å². The Kier molecular flexibility index (Phi) is 7.42. The number of nitrogens with one attached hydrogen (secondary N) is 2. The van der Waals surface area contributed by atoms with Crippen LogP contribution in [0, 0.1) is 0 Å². The van der Waals surface area contributed by atoms with Crippen LogP contribution in [0.3, 0.4) is 0 Å². The zero-order valence-electron chi connectivity index (χ0n) is 18.3. The van der Waals surface area contributed by atoms with Crippen LogP contribution < -0.4 is 16.4 Å². The molecule has 1 aliphatic rings. The highest BCUT2D eigenvalue weighted by Gasteiger charge is 2.15. The quantitative estimate of drug-likeness (QED) is 0.473. The van der Waals surface area contributed by atoms with E-state index in [1.54, 1.807) is 6.20 Å². The fourth-order valence-corrected chi connectivity index (χ4v) is 3.91. The van der Waals surface area contributed by atoms with Gasteiger partial charge in [-0.05, 0) is 49.7 Å². The van der Waals surface area contributed by atoms with Crippen LogP contribution in [0.25, 0.3) is 11.3 Å². The zero-order chi connectivity index (χ0) is 22.2. The molecule has 32 heavy (non-hydrogen) atoms. The van der Waals surface area contributed by atoms with Gasteiger partial charge in [-0.3, -0.25) is 4.79 Å². The Morgan fingerprint density at radius 2 is 1.84 bits per heavy atom. The van der Waals surface area contributed by atoms with Gasteiger partial charge in [0.25, 0.3) is 5.91 Å². The summed E-state index contributed by atoms with van der Waals surface area (Å²) in [5.74, 6) is -0.267. The molecule has 2 aromatic carbocycles. The van der Waals surface area contributed by atoms with E-state index in [9.17, 15) is 4.79 Å². The number of hydrogen-bond acceptors (Lipinski definition) is 6. The Bertz CT molecular complexity index is 1030. The molecule has 0 saturated carbocycles. The Morgan fingerprint density at radius 1 is 1.03 bits per heavy atom. The van der Waals surface area contributed by atoms with Crippen molar-refractivity contribution in [3.05, 3.63) is 72.1 Å². The molecule has 0 bridgehead atoms. The van der Waals surface area contributed by atoms with Crippen molar-refractivity contribution in [2.75, 3.05) is 37.2 Å². The lowest BCUT2D eigenvalue weighted by atomic mass is 10.1. The van der Waals surface area contributed by atoms with Gasteiger partial charge in [-0.2, -0.15) is 0 Å². The van der Waals surface area contributed by atoms with Gasteiger partial charge >= 0.3 is 0 Å². The van der Waals surface area contributed by atoms with Crippen LogP contribution in [0.15, 0.2) is 60.8 Å². The van der Waals surface area contributed by atoms with Crippen LogP contribution >= 0.6 is 0 Å². The van der Waals surface area contributed by atoms with Gasteiger partial charge in [0.05, 0.1) is 11.9 Å².